The van der Waals surface area contributed by atoms with Gasteiger partial charge in [-0.25, -0.2) is 4.21 Å². The summed E-state index contributed by atoms with van der Waals surface area (Å²) in [6.45, 7) is 10.8. The van der Waals surface area contributed by atoms with Crippen LogP contribution >= 0.6 is 0 Å². The van der Waals surface area contributed by atoms with Gasteiger partial charge in [0.1, 0.15) is 0 Å². The third-order valence-corrected chi connectivity index (χ3v) is 12.9. The molecule has 3 aromatic rings. The van der Waals surface area contributed by atoms with E-state index in [0.29, 0.717) is 11.3 Å². The normalized spacial score (nSPS) is 14.7. The Kier molecular flexibility index (Phi) is 9.80. The van der Waals surface area contributed by atoms with Crippen LogP contribution in [-0.4, -0.2) is 30.3 Å². The van der Waals surface area contributed by atoms with Gasteiger partial charge < -0.3 is 9.53 Å². The molecule has 2 atom stereocenters. The summed E-state index contributed by atoms with van der Waals surface area (Å²) in [6.07, 6.45) is 5.87. The van der Waals surface area contributed by atoms with Gasteiger partial charge in [-0.15, -0.1) is 0 Å². The van der Waals surface area contributed by atoms with Crippen LogP contribution in [0.4, 0.5) is 0 Å². The first-order valence-corrected chi connectivity index (χ1v) is 15.5. The fourth-order valence-corrected chi connectivity index (χ4v) is 10.3. The van der Waals surface area contributed by atoms with E-state index in [1.807, 2.05) is 49.4 Å². The topological polar surface area (TPSA) is 46.5 Å². The van der Waals surface area contributed by atoms with Crippen LogP contribution in [0, 0.1) is 6.92 Å². The second-order valence-electron chi connectivity index (χ2n) is 10.1. The first kappa shape index (κ1) is 28.0. The van der Waals surface area contributed by atoms with Gasteiger partial charge in [0, 0.05) is 15.9 Å². The van der Waals surface area contributed by atoms with E-state index in [4.69, 9.17) is 4.43 Å². The number of aliphatic hydroxyl groups is 1. The van der Waals surface area contributed by atoms with Gasteiger partial charge >= 0.3 is 0 Å². The predicted octanol–water partition coefficient (Wildman–Crippen LogP) is 5.89. The Morgan fingerprint density at radius 2 is 1.47 bits per heavy atom. The molecule has 0 heterocycles. The molecule has 3 aromatic carbocycles. The van der Waals surface area contributed by atoms with Gasteiger partial charge in [0.15, 0.2) is 0 Å². The Morgan fingerprint density at radius 1 is 0.944 bits per heavy atom. The number of aryl methyl sites for hydroxylation is 1. The third kappa shape index (κ3) is 6.59. The number of hydrogen-bond acceptors (Lipinski definition) is 3. The number of aliphatic hydroxyl groups excluding tert-OH is 1. The average Bonchev–Trinajstić information content (AvgIpc) is 2.87. The molecule has 0 saturated heterocycles. The number of hydrogen-bond donors (Lipinski definition) is 1. The molecule has 2 unspecified atom stereocenters. The van der Waals surface area contributed by atoms with E-state index in [2.05, 4.69) is 76.2 Å². The Morgan fingerprint density at radius 3 is 1.94 bits per heavy atom. The van der Waals surface area contributed by atoms with Crippen molar-refractivity contribution in [1.29, 1.82) is 0 Å². The zero-order valence-electron chi connectivity index (χ0n) is 22.0. The van der Waals surface area contributed by atoms with Crippen molar-refractivity contribution in [2.75, 3.05) is 6.61 Å². The highest BCUT2D eigenvalue weighted by Gasteiger charge is 2.50. The summed E-state index contributed by atoms with van der Waals surface area (Å²) in [5, 5.41) is 11.7. The first-order chi connectivity index (χ1) is 17.2. The lowest BCUT2D eigenvalue weighted by Crippen LogP contribution is -2.67. The summed E-state index contributed by atoms with van der Waals surface area (Å²) in [5.74, 6) is 0. The highest BCUT2D eigenvalue weighted by molar-refractivity contribution is 7.89. The van der Waals surface area contributed by atoms with Gasteiger partial charge in [-0.05, 0) is 53.9 Å². The SMILES string of the molecule is Cc1ccc(S(=O)C(/C=C/CO)=C/CC(C)O[Si](c2ccccc2)(c2ccccc2)C(C)(C)C)cc1. The van der Waals surface area contributed by atoms with Gasteiger partial charge in [-0.3, -0.25) is 0 Å². The first-order valence-electron chi connectivity index (χ1n) is 12.4. The maximum atomic E-state index is 13.3. The summed E-state index contributed by atoms with van der Waals surface area (Å²) in [5.41, 5.74) is 1.12. The molecule has 0 aliphatic heterocycles. The molecule has 0 fully saturated rings. The van der Waals surface area contributed by atoms with Crippen LogP contribution < -0.4 is 10.4 Å². The summed E-state index contributed by atoms with van der Waals surface area (Å²) in [6, 6.07) is 28.9. The van der Waals surface area contributed by atoms with Crippen molar-refractivity contribution in [3.8, 4) is 0 Å². The van der Waals surface area contributed by atoms with Crippen LogP contribution in [0.25, 0.3) is 0 Å². The molecule has 3 rings (SSSR count). The van der Waals surface area contributed by atoms with Crippen LogP contribution in [0.3, 0.4) is 0 Å². The van der Waals surface area contributed by atoms with E-state index in [-0.39, 0.29) is 17.7 Å². The van der Waals surface area contributed by atoms with Crippen LogP contribution in [0.5, 0.6) is 0 Å². The standard InChI is InChI=1S/C31H38O3SSi/c1-25-18-21-28(22-19-25)35(33)27(13-12-24-32)23-20-26(2)34-36(31(3,4)5,29-14-8-6-9-15-29)30-16-10-7-11-17-30/h6-19,21-23,26,32H,20,24H2,1-5H3/b13-12+,27-23+. The Balaban J connectivity index is 1.97. The van der Waals surface area contributed by atoms with Crippen molar-refractivity contribution in [2.45, 2.75) is 57.1 Å². The number of allylic oxidation sites excluding steroid dienone is 1. The fraction of sp³-hybridized carbons (Fsp3) is 0.290. The molecule has 0 aromatic heterocycles. The molecular formula is C31H38O3SSi. The lowest BCUT2D eigenvalue weighted by Gasteiger charge is -2.44. The molecular weight excluding hydrogens is 480 g/mol. The minimum atomic E-state index is -2.67. The van der Waals surface area contributed by atoms with E-state index in [9.17, 15) is 9.32 Å². The summed E-state index contributed by atoms with van der Waals surface area (Å²) in [4.78, 5) is 1.42. The van der Waals surface area contributed by atoms with E-state index < -0.39 is 19.1 Å². The van der Waals surface area contributed by atoms with Gasteiger partial charge in [0.2, 0.25) is 0 Å². The third-order valence-electron chi connectivity index (χ3n) is 6.28. The zero-order valence-corrected chi connectivity index (χ0v) is 23.8. The van der Waals surface area contributed by atoms with Crippen LogP contribution in [-0.2, 0) is 15.2 Å². The van der Waals surface area contributed by atoms with E-state index in [1.165, 1.54) is 10.4 Å². The van der Waals surface area contributed by atoms with Gasteiger partial charge in [0.05, 0.1) is 17.4 Å². The second-order valence-corrected chi connectivity index (χ2v) is 15.8. The zero-order chi connectivity index (χ0) is 26.2. The fourth-order valence-electron chi connectivity index (χ4n) is 4.50. The molecule has 1 N–H and O–H groups in total. The number of benzene rings is 3. The number of rotatable bonds is 10. The lowest BCUT2D eigenvalue weighted by molar-refractivity contribution is 0.209. The Labute approximate surface area is 220 Å². The van der Waals surface area contributed by atoms with Crippen LogP contribution in [0.2, 0.25) is 5.04 Å². The maximum absolute atomic E-state index is 13.3. The monoisotopic (exact) mass is 518 g/mol. The quantitative estimate of drug-likeness (QED) is 0.269. The summed E-state index contributed by atoms with van der Waals surface area (Å²) in [7, 11) is -4.01. The van der Waals surface area contributed by atoms with Gasteiger partial charge in [-0.1, -0.05) is 111 Å². The maximum Gasteiger partial charge on any atom is 0.261 e. The molecule has 0 aliphatic carbocycles. The van der Waals surface area contributed by atoms with Crippen molar-refractivity contribution in [3.05, 3.63) is 114 Å². The minimum Gasteiger partial charge on any atom is -0.404 e. The highest BCUT2D eigenvalue weighted by atomic mass is 32.2. The van der Waals surface area contributed by atoms with E-state index in [0.717, 1.165) is 10.5 Å². The van der Waals surface area contributed by atoms with Crippen molar-refractivity contribution in [1.82, 2.24) is 0 Å². The Bertz CT molecular complexity index is 1140. The van der Waals surface area contributed by atoms with Crippen LogP contribution in [0.1, 0.15) is 39.7 Å². The van der Waals surface area contributed by atoms with E-state index >= 15 is 0 Å². The summed E-state index contributed by atoms with van der Waals surface area (Å²) >= 11 is 0. The molecule has 0 spiro atoms. The van der Waals surface area contributed by atoms with Crippen molar-refractivity contribution in [2.24, 2.45) is 0 Å². The molecule has 0 radical (unpaired) electrons. The molecule has 0 bridgehead atoms. The molecule has 36 heavy (non-hydrogen) atoms. The molecule has 190 valence electrons. The van der Waals surface area contributed by atoms with Gasteiger partial charge in [0.25, 0.3) is 8.32 Å². The van der Waals surface area contributed by atoms with Gasteiger partial charge in [-0.2, -0.15) is 0 Å². The summed E-state index contributed by atoms with van der Waals surface area (Å²) < 4.78 is 20.5. The molecule has 0 amide bonds. The Hall–Kier alpha value is -2.57. The van der Waals surface area contributed by atoms with Crippen molar-refractivity contribution < 1.29 is 13.7 Å². The van der Waals surface area contributed by atoms with Crippen molar-refractivity contribution >= 4 is 29.5 Å². The van der Waals surface area contributed by atoms with Crippen LogP contribution in [0.15, 0.2) is 113 Å². The molecule has 5 heteroatoms. The molecule has 3 nitrogen and oxygen atoms in total. The van der Waals surface area contributed by atoms with E-state index in [1.54, 1.807) is 12.2 Å². The van der Waals surface area contributed by atoms with Crippen molar-refractivity contribution in [3.63, 3.8) is 0 Å². The predicted molar refractivity (Wildman–Crippen MR) is 155 cm³/mol. The minimum absolute atomic E-state index is 0.101. The molecule has 0 saturated carbocycles. The smallest absolute Gasteiger partial charge is 0.261 e. The highest BCUT2D eigenvalue weighted by Crippen LogP contribution is 2.38. The molecule has 0 aliphatic rings. The lowest BCUT2D eigenvalue weighted by atomic mass is 10.2. The second kappa shape index (κ2) is 12.6. The largest absolute Gasteiger partial charge is 0.404 e. The average molecular weight is 519 g/mol.